The normalized spacial score (nSPS) is 13.2. The van der Waals surface area contributed by atoms with Gasteiger partial charge in [-0.1, -0.05) is 28.1 Å². The third-order valence-corrected chi connectivity index (χ3v) is 3.65. The van der Waals surface area contributed by atoms with Crippen LogP contribution in [0.25, 0.3) is 0 Å². The van der Waals surface area contributed by atoms with Gasteiger partial charge in [0.2, 0.25) is 0 Å². The SMILES string of the molecule is COC(c1ccc(Br)cc1)C(C)NC(=O)NCCCC(=O)O. The predicted octanol–water partition coefficient (Wildman–Crippen LogP) is 2.69. The van der Waals surface area contributed by atoms with Crippen molar-refractivity contribution in [3.63, 3.8) is 0 Å². The number of benzene rings is 1. The van der Waals surface area contributed by atoms with Crippen molar-refractivity contribution in [2.45, 2.75) is 31.9 Å². The van der Waals surface area contributed by atoms with Gasteiger partial charge >= 0.3 is 12.0 Å². The van der Waals surface area contributed by atoms with E-state index < -0.39 is 5.97 Å². The summed E-state index contributed by atoms with van der Waals surface area (Å²) >= 11 is 3.38. The average molecular weight is 373 g/mol. The molecule has 0 spiro atoms. The van der Waals surface area contributed by atoms with Gasteiger partial charge in [0.1, 0.15) is 6.10 Å². The first-order chi connectivity index (χ1) is 10.4. The van der Waals surface area contributed by atoms with Crippen LogP contribution in [0.15, 0.2) is 28.7 Å². The summed E-state index contributed by atoms with van der Waals surface area (Å²) in [5.74, 6) is -0.870. The highest BCUT2D eigenvalue weighted by Crippen LogP contribution is 2.22. The summed E-state index contributed by atoms with van der Waals surface area (Å²) in [6.45, 7) is 2.17. The van der Waals surface area contributed by atoms with Crippen LogP contribution in [-0.4, -0.2) is 36.8 Å². The molecular formula is C15H21BrN2O4. The lowest BCUT2D eigenvalue weighted by Crippen LogP contribution is -2.44. The van der Waals surface area contributed by atoms with Crippen molar-refractivity contribution in [1.82, 2.24) is 10.6 Å². The van der Waals surface area contributed by atoms with Crippen molar-refractivity contribution in [3.05, 3.63) is 34.3 Å². The molecule has 2 amide bonds. The standard InChI is InChI=1S/C15H21BrN2O4/c1-10(18-15(21)17-9-3-4-13(19)20)14(22-2)11-5-7-12(16)8-6-11/h5-8,10,14H,3-4,9H2,1-2H3,(H,19,20)(H2,17,18,21). The fourth-order valence-corrected chi connectivity index (χ4v) is 2.32. The molecule has 1 aromatic carbocycles. The zero-order valence-corrected chi connectivity index (χ0v) is 14.2. The third kappa shape index (κ3) is 6.44. The molecule has 0 aliphatic carbocycles. The number of nitrogens with one attached hydrogen (secondary N) is 2. The molecule has 1 rings (SSSR count). The summed E-state index contributed by atoms with van der Waals surface area (Å²) < 4.78 is 6.44. The molecule has 0 radical (unpaired) electrons. The lowest BCUT2D eigenvalue weighted by molar-refractivity contribution is -0.137. The number of hydrogen-bond acceptors (Lipinski definition) is 3. The Kier molecular flexibility index (Phi) is 7.90. The fraction of sp³-hybridized carbons (Fsp3) is 0.467. The highest BCUT2D eigenvalue weighted by atomic mass is 79.9. The van der Waals surface area contributed by atoms with Gasteiger partial charge in [0, 0.05) is 24.5 Å². The largest absolute Gasteiger partial charge is 0.481 e. The second kappa shape index (κ2) is 9.42. The van der Waals surface area contributed by atoms with E-state index in [2.05, 4.69) is 26.6 Å². The molecule has 0 aliphatic heterocycles. The number of carboxylic acids is 1. The van der Waals surface area contributed by atoms with Gasteiger partial charge in [-0.15, -0.1) is 0 Å². The Morgan fingerprint density at radius 1 is 1.32 bits per heavy atom. The van der Waals surface area contributed by atoms with E-state index in [4.69, 9.17) is 9.84 Å². The third-order valence-electron chi connectivity index (χ3n) is 3.12. The summed E-state index contributed by atoms with van der Waals surface area (Å²) in [4.78, 5) is 22.2. The van der Waals surface area contributed by atoms with Crippen LogP contribution in [-0.2, 0) is 9.53 Å². The summed E-state index contributed by atoms with van der Waals surface area (Å²) in [6.07, 6.45) is 0.172. The number of carbonyl (C=O) groups excluding carboxylic acids is 1. The van der Waals surface area contributed by atoms with Crippen LogP contribution in [0.1, 0.15) is 31.4 Å². The number of rotatable bonds is 8. The monoisotopic (exact) mass is 372 g/mol. The maximum Gasteiger partial charge on any atom is 0.315 e. The average Bonchev–Trinajstić information content (AvgIpc) is 2.46. The number of carboxylic acid groups (broad SMARTS) is 1. The van der Waals surface area contributed by atoms with Crippen LogP contribution in [0.2, 0.25) is 0 Å². The lowest BCUT2D eigenvalue weighted by atomic mass is 10.0. The smallest absolute Gasteiger partial charge is 0.315 e. The Bertz CT molecular complexity index is 493. The second-order valence-electron chi connectivity index (χ2n) is 4.89. The molecule has 0 saturated heterocycles. The molecule has 0 heterocycles. The Morgan fingerprint density at radius 3 is 2.50 bits per heavy atom. The lowest BCUT2D eigenvalue weighted by Gasteiger charge is -2.24. The Labute approximate surface area is 138 Å². The second-order valence-corrected chi connectivity index (χ2v) is 5.81. The van der Waals surface area contributed by atoms with E-state index in [1.807, 2.05) is 31.2 Å². The zero-order chi connectivity index (χ0) is 16.5. The van der Waals surface area contributed by atoms with Crippen LogP contribution >= 0.6 is 15.9 Å². The first kappa shape index (κ1) is 18.4. The molecule has 0 bridgehead atoms. The van der Waals surface area contributed by atoms with E-state index in [-0.39, 0.29) is 24.6 Å². The highest BCUT2D eigenvalue weighted by Gasteiger charge is 2.20. The van der Waals surface area contributed by atoms with Gasteiger partial charge in [0.25, 0.3) is 0 Å². The van der Waals surface area contributed by atoms with Gasteiger partial charge in [-0.05, 0) is 31.0 Å². The topological polar surface area (TPSA) is 87.7 Å². The number of halogens is 1. The van der Waals surface area contributed by atoms with Gasteiger partial charge in [0.05, 0.1) is 6.04 Å². The number of carbonyl (C=O) groups is 2. The molecule has 0 aromatic heterocycles. The first-order valence-corrected chi connectivity index (χ1v) is 7.77. The van der Waals surface area contributed by atoms with Crippen molar-refractivity contribution >= 4 is 27.9 Å². The summed E-state index contributed by atoms with van der Waals surface area (Å²) in [7, 11) is 1.59. The van der Waals surface area contributed by atoms with E-state index >= 15 is 0 Å². The van der Waals surface area contributed by atoms with Crippen LogP contribution in [0.3, 0.4) is 0 Å². The van der Waals surface area contributed by atoms with Crippen molar-refractivity contribution in [3.8, 4) is 0 Å². The van der Waals surface area contributed by atoms with Gasteiger partial charge in [-0.2, -0.15) is 0 Å². The molecule has 7 heteroatoms. The molecule has 6 nitrogen and oxygen atoms in total. The first-order valence-electron chi connectivity index (χ1n) is 6.98. The Morgan fingerprint density at radius 2 is 1.95 bits per heavy atom. The minimum atomic E-state index is -0.870. The van der Waals surface area contributed by atoms with E-state index in [0.717, 1.165) is 10.0 Å². The molecule has 2 unspecified atom stereocenters. The van der Waals surface area contributed by atoms with E-state index in [1.54, 1.807) is 7.11 Å². The highest BCUT2D eigenvalue weighted by molar-refractivity contribution is 9.10. The molecule has 2 atom stereocenters. The fourth-order valence-electron chi connectivity index (χ4n) is 2.06. The van der Waals surface area contributed by atoms with Crippen molar-refractivity contribution < 1.29 is 19.4 Å². The molecule has 122 valence electrons. The number of aliphatic carboxylic acids is 1. The number of hydrogen-bond donors (Lipinski definition) is 3. The molecule has 3 N–H and O–H groups in total. The van der Waals surface area contributed by atoms with Crippen molar-refractivity contribution in [2.75, 3.05) is 13.7 Å². The summed E-state index contributed by atoms with van der Waals surface area (Å²) in [5, 5.41) is 14.0. The Hall–Kier alpha value is -1.60. The molecule has 22 heavy (non-hydrogen) atoms. The maximum atomic E-state index is 11.8. The quantitative estimate of drug-likeness (QED) is 0.612. The number of amides is 2. The van der Waals surface area contributed by atoms with Gasteiger partial charge in [0.15, 0.2) is 0 Å². The van der Waals surface area contributed by atoms with Gasteiger partial charge in [-0.25, -0.2) is 4.79 Å². The maximum absolute atomic E-state index is 11.8. The molecule has 0 fully saturated rings. The van der Waals surface area contributed by atoms with Crippen molar-refractivity contribution in [1.29, 1.82) is 0 Å². The van der Waals surface area contributed by atoms with Crippen LogP contribution < -0.4 is 10.6 Å². The van der Waals surface area contributed by atoms with Crippen LogP contribution in [0.4, 0.5) is 4.79 Å². The number of methoxy groups -OCH3 is 1. The van der Waals surface area contributed by atoms with Gasteiger partial charge in [-0.3, -0.25) is 4.79 Å². The molecule has 0 saturated carbocycles. The van der Waals surface area contributed by atoms with Gasteiger partial charge < -0.3 is 20.5 Å². The van der Waals surface area contributed by atoms with Crippen LogP contribution in [0, 0.1) is 0 Å². The van der Waals surface area contributed by atoms with Crippen LogP contribution in [0.5, 0.6) is 0 Å². The van der Waals surface area contributed by atoms with E-state index in [1.165, 1.54) is 0 Å². The molecule has 0 aliphatic rings. The predicted molar refractivity (Wildman–Crippen MR) is 86.8 cm³/mol. The zero-order valence-electron chi connectivity index (χ0n) is 12.6. The van der Waals surface area contributed by atoms with E-state index in [0.29, 0.717) is 13.0 Å². The molecule has 1 aromatic rings. The number of urea groups is 1. The minimum Gasteiger partial charge on any atom is -0.481 e. The number of ether oxygens (including phenoxy) is 1. The summed E-state index contributed by atoms with van der Waals surface area (Å²) in [6, 6.07) is 7.13. The van der Waals surface area contributed by atoms with Crippen molar-refractivity contribution in [2.24, 2.45) is 0 Å². The van der Waals surface area contributed by atoms with E-state index in [9.17, 15) is 9.59 Å². The Balaban J connectivity index is 2.47. The molecular weight excluding hydrogens is 352 g/mol. The minimum absolute atomic E-state index is 0.0371. The summed E-state index contributed by atoms with van der Waals surface area (Å²) in [5.41, 5.74) is 0.962.